The molecule has 0 spiro atoms. The number of allylic oxidation sites excluding steroid dienone is 2. The Morgan fingerprint density at radius 2 is 1.80 bits per heavy atom. The van der Waals surface area contributed by atoms with Gasteiger partial charge in [0.15, 0.2) is 5.78 Å². The second-order valence-corrected chi connectivity index (χ2v) is 7.79. The van der Waals surface area contributed by atoms with Crippen LogP contribution in [0.1, 0.15) is 33.3 Å². The van der Waals surface area contributed by atoms with Crippen molar-refractivity contribution in [2.45, 2.75) is 18.2 Å². The Labute approximate surface area is 175 Å². The minimum atomic E-state index is -0.719. The fourth-order valence-electron chi connectivity index (χ4n) is 3.50. The molecule has 0 radical (unpaired) electrons. The molecule has 2 heterocycles. The van der Waals surface area contributed by atoms with E-state index in [1.807, 2.05) is 30.3 Å². The highest BCUT2D eigenvalue weighted by Gasteiger charge is 2.33. The van der Waals surface area contributed by atoms with Crippen LogP contribution in [-0.4, -0.2) is 25.7 Å². The minimum Gasteiger partial charge on any atom is -0.289 e. The largest absolute Gasteiger partial charge is 0.336 e. The van der Waals surface area contributed by atoms with Crippen molar-refractivity contribution < 1.29 is 9.59 Å². The Hall–Kier alpha value is -3.52. The van der Waals surface area contributed by atoms with E-state index < -0.39 is 17.0 Å². The molecule has 1 aromatic carbocycles. The number of carbonyl (C=O) groups excluding carboxylic acids is 2. The van der Waals surface area contributed by atoms with Crippen LogP contribution in [0.3, 0.4) is 0 Å². The number of hydrogen-bond donors (Lipinski definition) is 0. The summed E-state index contributed by atoms with van der Waals surface area (Å²) in [4.78, 5) is 57.4. The second kappa shape index (κ2) is 7.38. The van der Waals surface area contributed by atoms with E-state index >= 15 is 0 Å². The lowest BCUT2D eigenvalue weighted by Crippen LogP contribution is -2.38. The van der Waals surface area contributed by atoms with E-state index in [0.29, 0.717) is 12.1 Å². The first-order valence-corrected chi connectivity index (χ1v) is 10.0. The van der Waals surface area contributed by atoms with E-state index in [0.717, 1.165) is 15.7 Å². The molecule has 0 saturated heterocycles. The third-order valence-electron chi connectivity index (χ3n) is 4.94. The molecule has 4 rings (SSSR count). The fourth-order valence-corrected chi connectivity index (χ4v) is 4.41. The number of Topliss-reactive ketones (excluding diaryl/α,β-unsaturated/α-hetero) is 1. The number of ketones is 2. The van der Waals surface area contributed by atoms with Crippen molar-refractivity contribution in [2.24, 2.45) is 7.05 Å². The van der Waals surface area contributed by atoms with Gasteiger partial charge in [0.05, 0.1) is 27.1 Å². The van der Waals surface area contributed by atoms with Gasteiger partial charge in [-0.25, -0.2) is 14.3 Å². The Kier molecular flexibility index (Phi) is 4.87. The summed E-state index contributed by atoms with van der Waals surface area (Å²) < 4.78 is 2.00. The van der Waals surface area contributed by atoms with Gasteiger partial charge in [0.25, 0.3) is 5.56 Å². The van der Waals surface area contributed by atoms with Gasteiger partial charge in [-0.3, -0.25) is 19.0 Å². The molecule has 30 heavy (non-hydrogen) atoms. The SMILES string of the molecule is C=Cn1c(=O)c2c3c(c(CC)nc2n(C)c1=O)C(=O)C(Sc1ccccc1)=CC3=O. The monoisotopic (exact) mass is 419 g/mol. The van der Waals surface area contributed by atoms with Crippen molar-refractivity contribution in [2.75, 3.05) is 0 Å². The predicted octanol–water partition coefficient (Wildman–Crippen LogP) is 2.81. The Balaban J connectivity index is 2.05. The molecule has 0 saturated carbocycles. The van der Waals surface area contributed by atoms with E-state index in [1.165, 1.54) is 29.5 Å². The van der Waals surface area contributed by atoms with Crippen LogP contribution in [0.15, 0.2) is 62.4 Å². The molecule has 3 aromatic rings. The summed E-state index contributed by atoms with van der Waals surface area (Å²) in [6.07, 6.45) is 2.70. The predicted molar refractivity (Wildman–Crippen MR) is 116 cm³/mol. The Bertz CT molecular complexity index is 1400. The van der Waals surface area contributed by atoms with Crippen molar-refractivity contribution in [3.05, 3.63) is 85.6 Å². The van der Waals surface area contributed by atoms with Crippen LogP contribution in [0.5, 0.6) is 0 Å². The number of nitrogens with zero attached hydrogens (tertiary/aromatic N) is 3. The molecule has 0 N–H and O–H groups in total. The molecule has 1 aliphatic carbocycles. The van der Waals surface area contributed by atoms with Gasteiger partial charge in [-0.15, -0.1) is 0 Å². The van der Waals surface area contributed by atoms with E-state index in [-0.39, 0.29) is 32.8 Å². The van der Waals surface area contributed by atoms with E-state index in [2.05, 4.69) is 11.6 Å². The van der Waals surface area contributed by atoms with Crippen LogP contribution in [0.25, 0.3) is 17.2 Å². The van der Waals surface area contributed by atoms with Crippen molar-refractivity contribution in [1.29, 1.82) is 0 Å². The van der Waals surface area contributed by atoms with E-state index in [9.17, 15) is 19.2 Å². The number of benzene rings is 1. The zero-order valence-corrected chi connectivity index (χ0v) is 17.2. The number of thioether (sulfide) groups is 1. The van der Waals surface area contributed by atoms with Gasteiger partial charge < -0.3 is 0 Å². The average molecular weight is 419 g/mol. The standard InChI is InChI=1S/C22H17N3O4S/c1-4-13-16-17(18-20(23-13)24(3)22(29)25(5-2)21(18)28)14(26)11-15(19(16)27)30-12-9-7-6-8-10-12/h5-11H,2,4H2,1,3H3. The molecular weight excluding hydrogens is 402 g/mol. The molecular formula is C22H17N3O4S. The topological polar surface area (TPSA) is 91.0 Å². The molecule has 1 aliphatic rings. The molecule has 0 aliphatic heterocycles. The van der Waals surface area contributed by atoms with E-state index in [1.54, 1.807) is 6.92 Å². The quantitative estimate of drug-likeness (QED) is 0.646. The lowest BCUT2D eigenvalue weighted by Gasteiger charge is -2.20. The first kappa shape index (κ1) is 19.8. The van der Waals surface area contributed by atoms with Crippen molar-refractivity contribution in [1.82, 2.24) is 14.1 Å². The first-order valence-electron chi connectivity index (χ1n) is 9.23. The van der Waals surface area contributed by atoms with Crippen molar-refractivity contribution >= 4 is 40.6 Å². The molecule has 0 bridgehead atoms. The number of rotatable bonds is 4. The number of hydrogen-bond acceptors (Lipinski definition) is 6. The van der Waals surface area contributed by atoms with Crippen LogP contribution in [-0.2, 0) is 13.5 Å². The van der Waals surface area contributed by atoms with Crippen LogP contribution in [0.2, 0.25) is 0 Å². The molecule has 7 nitrogen and oxygen atoms in total. The number of aryl methyl sites for hydroxylation is 2. The van der Waals surface area contributed by atoms with Crippen LogP contribution >= 0.6 is 11.8 Å². The maximum absolute atomic E-state index is 13.3. The zero-order valence-electron chi connectivity index (χ0n) is 16.3. The third-order valence-corrected chi connectivity index (χ3v) is 5.98. The van der Waals surface area contributed by atoms with Crippen LogP contribution < -0.4 is 11.2 Å². The molecule has 0 fully saturated rings. The summed E-state index contributed by atoms with van der Waals surface area (Å²) in [6.45, 7) is 5.30. The number of pyridine rings is 1. The summed E-state index contributed by atoms with van der Waals surface area (Å²) in [7, 11) is 1.46. The van der Waals surface area contributed by atoms with Gasteiger partial charge in [0.1, 0.15) is 5.65 Å². The lowest BCUT2D eigenvalue weighted by molar-refractivity contribution is 0.0991. The van der Waals surface area contributed by atoms with Crippen molar-refractivity contribution in [3.8, 4) is 0 Å². The van der Waals surface area contributed by atoms with Gasteiger partial charge in [0.2, 0.25) is 5.78 Å². The van der Waals surface area contributed by atoms with Gasteiger partial charge in [0, 0.05) is 24.2 Å². The highest BCUT2D eigenvalue weighted by molar-refractivity contribution is 8.04. The van der Waals surface area contributed by atoms with Crippen LogP contribution in [0.4, 0.5) is 0 Å². The summed E-state index contributed by atoms with van der Waals surface area (Å²) in [5.41, 5.74) is -0.767. The number of fused-ring (bicyclic) bond motifs is 3. The van der Waals surface area contributed by atoms with Crippen LogP contribution in [0, 0.1) is 0 Å². The van der Waals surface area contributed by atoms with Gasteiger partial charge in [-0.1, -0.05) is 43.5 Å². The molecule has 0 amide bonds. The van der Waals surface area contributed by atoms with Gasteiger partial charge >= 0.3 is 5.69 Å². The Morgan fingerprint density at radius 3 is 2.43 bits per heavy atom. The smallest absolute Gasteiger partial charge is 0.289 e. The van der Waals surface area contributed by atoms with Crippen molar-refractivity contribution in [3.63, 3.8) is 0 Å². The Morgan fingerprint density at radius 1 is 1.10 bits per heavy atom. The fraction of sp³-hybridized carbons (Fsp3) is 0.136. The molecule has 2 aromatic heterocycles. The van der Waals surface area contributed by atoms with E-state index in [4.69, 9.17) is 0 Å². The lowest BCUT2D eigenvalue weighted by atomic mass is 9.90. The number of carbonyl (C=O) groups is 2. The average Bonchev–Trinajstić information content (AvgIpc) is 2.75. The highest BCUT2D eigenvalue weighted by Crippen LogP contribution is 2.36. The second-order valence-electron chi connectivity index (χ2n) is 6.68. The molecule has 150 valence electrons. The molecule has 0 unspecified atom stereocenters. The minimum absolute atomic E-state index is 0.00420. The molecule has 0 atom stereocenters. The normalized spacial score (nSPS) is 13.3. The molecule has 8 heteroatoms. The summed E-state index contributed by atoms with van der Waals surface area (Å²) in [5, 5.41) is -0.0532. The highest BCUT2D eigenvalue weighted by atomic mass is 32.2. The maximum atomic E-state index is 13.3. The maximum Gasteiger partial charge on any atom is 0.336 e. The summed E-state index contributed by atoms with van der Waals surface area (Å²) in [6, 6.07) is 9.24. The third kappa shape index (κ3) is 2.88. The zero-order chi connectivity index (χ0) is 21.6. The summed E-state index contributed by atoms with van der Waals surface area (Å²) in [5.74, 6) is -0.820. The van der Waals surface area contributed by atoms with Gasteiger partial charge in [-0.05, 0) is 18.6 Å². The summed E-state index contributed by atoms with van der Waals surface area (Å²) >= 11 is 1.19. The number of aromatic nitrogens is 3. The van der Waals surface area contributed by atoms with Gasteiger partial charge in [-0.2, -0.15) is 0 Å². The first-order chi connectivity index (χ1) is 14.4.